The molecule has 0 aliphatic heterocycles. The van der Waals surface area contributed by atoms with Crippen LogP contribution >= 0.6 is 0 Å². The predicted octanol–water partition coefficient (Wildman–Crippen LogP) is 5.90. The van der Waals surface area contributed by atoms with Crippen molar-refractivity contribution in [2.45, 2.75) is 19.8 Å². The SMILES string of the molecule is Cc1cc(F)ccc1C(=O)Nc1cc(-c2[nH]c3c(c2Nc2ccccc2)C(=O)C2CC2C3)ccn1. The first-order chi connectivity index (χ1) is 17.0. The lowest BCUT2D eigenvalue weighted by atomic mass is 9.95. The molecule has 174 valence electrons. The molecule has 0 saturated heterocycles. The van der Waals surface area contributed by atoms with E-state index < -0.39 is 0 Å². The van der Waals surface area contributed by atoms with E-state index in [2.05, 4.69) is 20.6 Å². The number of amides is 1. The van der Waals surface area contributed by atoms with Crippen molar-refractivity contribution in [1.82, 2.24) is 9.97 Å². The highest BCUT2D eigenvalue weighted by Crippen LogP contribution is 2.51. The predicted molar refractivity (Wildman–Crippen MR) is 132 cm³/mol. The molecule has 1 amide bonds. The highest BCUT2D eigenvalue weighted by atomic mass is 19.1. The number of hydrogen-bond acceptors (Lipinski definition) is 4. The monoisotopic (exact) mass is 466 g/mol. The van der Waals surface area contributed by atoms with Gasteiger partial charge in [-0.25, -0.2) is 9.37 Å². The number of halogens is 1. The van der Waals surface area contributed by atoms with Crippen LogP contribution in [0.4, 0.5) is 21.6 Å². The molecule has 1 fully saturated rings. The van der Waals surface area contributed by atoms with Crippen molar-refractivity contribution < 1.29 is 14.0 Å². The topological polar surface area (TPSA) is 86.9 Å². The standard InChI is InChI=1S/C28H23FN4O2/c1-15-11-18(29)7-8-20(15)28(35)33-23-14-16(9-10-30-23)25-26(31-19-5-3-2-4-6-19)24-22(32-25)13-17-12-21(17)27(24)34/h2-11,14,17,21,31-32H,12-13H2,1H3,(H,30,33,35). The minimum absolute atomic E-state index is 0.119. The van der Waals surface area contributed by atoms with Gasteiger partial charge in [-0.3, -0.25) is 9.59 Å². The Morgan fingerprint density at radius 3 is 2.74 bits per heavy atom. The summed E-state index contributed by atoms with van der Waals surface area (Å²) in [5, 5.41) is 6.26. The van der Waals surface area contributed by atoms with Gasteiger partial charge in [0, 0.05) is 34.6 Å². The molecule has 6 nitrogen and oxygen atoms in total. The molecule has 6 rings (SSSR count). The van der Waals surface area contributed by atoms with Crippen molar-refractivity contribution in [3.05, 3.63) is 95.1 Å². The number of hydrogen-bond donors (Lipinski definition) is 3. The summed E-state index contributed by atoms with van der Waals surface area (Å²) in [6.45, 7) is 1.69. The van der Waals surface area contributed by atoms with Crippen LogP contribution in [0.3, 0.4) is 0 Å². The summed E-state index contributed by atoms with van der Waals surface area (Å²) in [5.41, 5.74) is 5.81. The van der Waals surface area contributed by atoms with Gasteiger partial charge in [0.25, 0.3) is 5.91 Å². The number of carbonyl (C=O) groups is 2. The van der Waals surface area contributed by atoms with Gasteiger partial charge in [0.05, 0.1) is 16.9 Å². The van der Waals surface area contributed by atoms with E-state index in [1.54, 1.807) is 19.2 Å². The third kappa shape index (κ3) is 3.89. The second kappa shape index (κ2) is 8.20. The Labute approximate surface area is 201 Å². The van der Waals surface area contributed by atoms with Crippen LogP contribution in [0, 0.1) is 24.6 Å². The summed E-state index contributed by atoms with van der Waals surface area (Å²) in [7, 11) is 0. The fourth-order valence-electron chi connectivity index (χ4n) is 4.95. The number of aryl methyl sites for hydroxylation is 1. The van der Waals surface area contributed by atoms with E-state index in [1.807, 2.05) is 36.4 Å². The van der Waals surface area contributed by atoms with Gasteiger partial charge in [0.15, 0.2) is 5.78 Å². The molecule has 0 radical (unpaired) electrons. The van der Waals surface area contributed by atoms with Crippen molar-refractivity contribution in [3.63, 3.8) is 0 Å². The summed E-state index contributed by atoms with van der Waals surface area (Å²) in [4.78, 5) is 33.8. The van der Waals surface area contributed by atoms with E-state index in [9.17, 15) is 14.0 Å². The van der Waals surface area contributed by atoms with Crippen molar-refractivity contribution in [3.8, 4) is 11.3 Å². The fraction of sp³-hybridized carbons (Fsp3) is 0.179. The first-order valence-electron chi connectivity index (χ1n) is 11.6. The molecule has 2 unspecified atom stereocenters. The maximum atomic E-state index is 13.4. The third-order valence-corrected chi connectivity index (χ3v) is 6.82. The van der Waals surface area contributed by atoms with Crippen LogP contribution < -0.4 is 10.6 Å². The van der Waals surface area contributed by atoms with Crippen LogP contribution in [0.1, 0.15) is 38.4 Å². The summed E-state index contributed by atoms with van der Waals surface area (Å²) >= 11 is 0. The van der Waals surface area contributed by atoms with Gasteiger partial charge in [-0.05, 0) is 73.7 Å². The van der Waals surface area contributed by atoms with E-state index >= 15 is 0 Å². The molecular formula is C28H23FN4O2. The lowest BCUT2D eigenvalue weighted by Crippen LogP contribution is -2.14. The van der Waals surface area contributed by atoms with Crippen molar-refractivity contribution in [2.24, 2.45) is 11.8 Å². The number of benzene rings is 2. The lowest BCUT2D eigenvalue weighted by molar-refractivity contribution is 0.0954. The second-order valence-electron chi connectivity index (χ2n) is 9.23. The maximum absolute atomic E-state index is 13.4. The molecule has 2 aliphatic carbocycles. The first kappa shape index (κ1) is 21.3. The Morgan fingerprint density at radius 1 is 1.11 bits per heavy atom. The largest absolute Gasteiger partial charge is 0.356 e. The van der Waals surface area contributed by atoms with Gasteiger partial charge >= 0.3 is 0 Å². The highest BCUT2D eigenvalue weighted by Gasteiger charge is 2.49. The molecule has 2 atom stereocenters. The molecular weight excluding hydrogens is 443 g/mol. The Morgan fingerprint density at radius 2 is 1.94 bits per heavy atom. The minimum atomic E-state index is -0.388. The van der Waals surface area contributed by atoms with Gasteiger partial charge < -0.3 is 15.6 Å². The molecule has 4 aromatic rings. The molecule has 2 heterocycles. The molecule has 7 heteroatoms. The number of H-pyrrole nitrogens is 1. The zero-order valence-corrected chi connectivity index (χ0v) is 19.1. The van der Waals surface area contributed by atoms with E-state index in [0.717, 1.165) is 46.7 Å². The number of Topliss-reactive ketones (excluding diaryl/α,β-unsaturated/α-hetero) is 1. The smallest absolute Gasteiger partial charge is 0.257 e. The quantitative estimate of drug-likeness (QED) is 0.342. The zero-order valence-electron chi connectivity index (χ0n) is 19.1. The summed E-state index contributed by atoms with van der Waals surface area (Å²) in [6.07, 6.45) is 3.43. The lowest BCUT2D eigenvalue weighted by Gasteiger charge is -2.14. The minimum Gasteiger partial charge on any atom is -0.356 e. The number of nitrogens with one attached hydrogen (secondary N) is 3. The Bertz CT molecular complexity index is 1480. The number of ketones is 1. The number of aromatic amines is 1. The number of anilines is 3. The zero-order chi connectivity index (χ0) is 24.1. The summed E-state index contributed by atoms with van der Waals surface area (Å²) in [6, 6.07) is 17.4. The number of carbonyl (C=O) groups excluding carboxylic acids is 2. The van der Waals surface area contributed by atoms with Crippen LogP contribution in [-0.4, -0.2) is 21.7 Å². The number of aromatic nitrogens is 2. The maximum Gasteiger partial charge on any atom is 0.257 e. The van der Waals surface area contributed by atoms with Gasteiger partial charge in [0.2, 0.25) is 0 Å². The first-order valence-corrected chi connectivity index (χ1v) is 11.6. The molecule has 1 saturated carbocycles. The number of fused-ring (bicyclic) bond motifs is 2. The van der Waals surface area contributed by atoms with Crippen LogP contribution in [0.15, 0.2) is 66.9 Å². The van der Waals surface area contributed by atoms with Crippen molar-refractivity contribution in [1.29, 1.82) is 0 Å². The highest BCUT2D eigenvalue weighted by molar-refractivity contribution is 6.10. The second-order valence-corrected chi connectivity index (χ2v) is 9.23. The fourth-order valence-corrected chi connectivity index (χ4v) is 4.95. The average Bonchev–Trinajstić information content (AvgIpc) is 3.54. The summed E-state index contributed by atoms with van der Waals surface area (Å²) < 4.78 is 13.4. The number of nitrogens with zero attached hydrogens (tertiary/aromatic N) is 1. The molecule has 2 aromatic carbocycles. The van der Waals surface area contributed by atoms with Crippen molar-refractivity contribution >= 4 is 28.9 Å². The molecule has 0 bridgehead atoms. The molecule has 2 aromatic heterocycles. The van der Waals surface area contributed by atoms with Crippen LogP contribution in [0.5, 0.6) is 0 Å². The third-order valence-electron chi connectivity index (χ3n) is 6.82. The van der Waals surface area contributed by atoms with Gasteiger partial charge in [-0.2, -0.15) is 0 Å². The number of rotatable bonds is 5. The normalized spacial score (nSPS) is 17.9. The average molecular weight is 467 g/mol. The van der Waals surface area contributed by atoms with E-state index in [4.69, 9.17) is 0 Å². The Balaban J connectivity index is 1.37. The molecule has 3 N–H and O–H groups in total. The van der Waals surface area contributed by atoms with Crippen LogP contribution in [-0.2, 0) is 6.42 Å². The Kier molecular flexibility index (Phi) is 4.99. The van der Waals surface area contributed by atoms with Gasteiger partial charge in [-0.15, -0.1) is 0 Å². The van der Waals surface area contributed by atoms with Gasteiger partial charge in [-0.1, -0.05) is 18.2 Å². The van der Waals surface area contributed by atoms with Gasteiger partial charge in [0.1, 0.15) is 11.6 Å². The molecule has 2 aliphatic rings. The van der Waals surface area contributed by atoms with E-state index in [0.29, 0.717) is 22.9 Å². The van der Waals surface area contributed by atoms with E-state index in [-0.39, 0.29) is 23.4 Å². The van der Waals surface area contributed by atoms with Crippen LogP contribution in [0.2, 0.25) is 0 Å². The van der Waals surface area contributed by atoms with Crippen LogP contribution in [0.25, 0.3) is 11.3 Å². The molecule has 35 heavy (non-hydrogen) atoms. The number of pyridine rings is 1. The number of para-hydroxylation sites is 1. The molecule has 0 spiro atoms. The van der Waals surface area contributed by atoms with E-state index in [1.165, 1.54) is 18.2 Å². The Hall–Kier alpha value is -4.26. The van der Waals surface area contributed by atoms with Crippen molar-refractivity contribution in [2.75, 3.05) is 10.6 Å². The summed E-state index contributed by atoms with van der Waals surface area (Å²) in [5.74, 6) is 0.345.